The third-order valence-electron chi connectivity index (χ3n) is 5.92. The minimum absolute atomic E-state index is 0.121. The van der Waals surface area contributed by atoms with Crippen LogP contribution in [0.15, 0.2) is 48.5 Å². The standard InChI is InChI=1S/C23H25FN2O4/c1-29-22(27)18-4-2-16(3-5-18)14-26(20-8-6-19(24)7-9-20)23(28)30-21-15-25-12-10-17(21)11-13-25/h2-9,17,21H,10-15H2,1H3/t21-/m0/s1. The molecule has 3 fully saturated rings. The molecule has 3 heterocycles. The van der Waals surface area contributed by atoms with Crippen LogP contribution in [0.4, 0.5) is 14.9 Å². The first-order chi connectivity index (χ1) is 14.5. The maximum atomic E-state index is 13.4. The van der Waals surface area contributed by atoms with Crippen LogP contribution in [0.2, 0.25) is 0 Å². The molecule has 2 aromatic rings. The summed E-state index contributed by atoms with van der Waals surface area (Å²) in [7, 11) is 1.33. The molecule has 2 aromatic carbocycles. The van der Waals surface area contributed by atoms with E-state index in [2.05, 4.69) is 4.90 Å². The first-order valence-electron chi connectivity index (χ1n) is 10.2. The lowest BCUT2D eigenvalue weighted by Crippen LogP contribution is -2.53. The number of ether oxygens (including phenoxy) is 2. The summed E-state index contributed by atoms with van der Waals surface area (Å²) in [5.41, 5.74) is 1.81. The first-order valence-corrected chi connectivity index (χ1v) is 10.2. The Morgan fingerprint density at radius 3 is 2.30 bits per heavy atom. The third kappa shape index (κ3) is 4.46. The second kappa shape index (κ2) is 8.83. The summed E-state index contributed by atoms with van der Waals surface area (Å²) in [6.07, 6.45) is 1.52. The number of halogens is 1. The van der Waals surface area contributed by atoms with Crippen molar-refractivity contribution in [3.8, 4) is 0 Å². The first kappa shape index (κ1) is 20.3. The Labute approximate surface area is 175 Å². The molecule has 0 saturated carbocycles. The normalized spacial score (nSPS) is 22.4. The molecule has 30 heavy (non-hydrogen) atoms. The highest BCUT2D eigenvalue weighted by Gasteiger charge is 2.37. The fourth-order valence-electron chi connectivity index (χ4n) is 4.17. The fraction of sp³-hybridized carbons (Fsp3) is 0.391. The molecule has 3 aliphatic heterocycles. The molecule has 0 aromatic heterocycles. The maximum Gasteiger partial charge on any atom is 0.414 e. The molecule has 0 spiro atoms. The topological polar surface area (TPSA) is 59.1 Å². The summed E-state index contributed by atoms with van der Waals surface area (Å²) in [5.74, 6) is -0.390. The lowest BCUT2D eigenvalue weighted by atomic mass is 9.86. The van der Waals surface area contributed by atoms with Gasteiger partial charge in [-0.2, -0.15) is 0 Å². The molecule has 0 unspecified atom stereocenters. The molecule has 5 rings (SSSR count). The molecule has 1 amide bonds. The van der Waals surface area contributed by atoms with Crippen LogP contribution < -0.4 is 4.90 Å². The smallest absolute Gasteiger partial charge is 0.414 e. The number of esters is 1. The van der Waals surface area contributed by atoms with Gasteiger partial charge < -0.3 is 9.47 Å². The molecular weight excluding hydrogens is 387 g/mol. The number of piperidine rings is 3. The van der Waals surface area contributed by atoms with Crippen LogP contribution in [-0.2, 0) is 16.0 Å². The Morgan fingerprint density at radius 2 is 1.73 bits per heavy atom. The van der Waals surface area contributed by atoms with Gasteiger partial charge in [0.05, 0.1) is 19.2 Å². The molecule has 0 aliphatic carbocycles. The van der Waals surface area contributed by atoms with Crippen molar-refractivity contribution in [3.63, 3.8) is 0 Å². The minimum atomic E-state index is -0.447. The van der Waals surface area contributed by atoms with E-state index in [0.717, 1.165) is 38.0 Å². The predicted molar refractivity (Wildman–Crippen MR) is 110 cm³/mol. The molecule has 7 heteroatoms. The monoisotopic (exact) mass is 412 g/mol. The van der Waals surface area contributed by atoms with Crippen molar-refractivity contribution in [2.24, 2.45) is 5.92 Å². The van der Waals surface area contributed by atoms with Crippen molar-refractivity contribution in [2.75, 3.05) is 31.6 Å². The van der Waals surface area contributed by atoms with Gasteiger partial charge >= 0.3 is 12.1 Å². The summed E-state index contributed by atoms with van der Waals surface area (Å²) >= 11 is 0. The summed E-state index contributed by atoms with van der Waals surface area (Å²) in [4.78, 5) is 28.6. The van der Waals surface area contributed by atoms with Crippen molar-refractivity contribution in [1.82, 2.24) is 4.90 Å². The van der Waals surface area contributed by atoms with E-state index in [1.165, 1.54) is 24.1 Å². The largest absolute Gasteiger partial charge is 0.465 e. The Balaban J connectivity index is 1.52. The van der Waals surface area contributed by atoms with E-state index in [-0.39, 0.29) is 18.5 Å². The van der Waals surface area contributed by atoms with Gasteiger partial charge in [0.15, 0.2) is 0 Å². The molecule has 1 atom stereocenters. The molecular formula is C23H25FN2O4. The number of methoxy groups -OCH3 is 1. The number of carbonyl (C=O) groups is 2. The lowest BCUT2D eigenvalue weighted by Gasteiger charge is -2.44. The van der Waals surface area contributed by atoms with Crippen LogP contribution in [0.5, 0.6) is 0 Å². The number of anilines is 1. The number of carbonyl (C=O) groups excluding carboxylic acids is 2. The molecule has 0 radical (unpaired) electrons. The highest BCUT2D eigenvalue weighted by Crippen LogP contribution is 2.30. The zero-order valence-electron chi connectivity index (χ0n) is 16.9. The zero-order valence-corrected chi connectivity index (χ0v) is 16.9. The minimum Gasteiger partial charge on any atom is -0.465 e. The number of hydrogen-bond donors (Lipinski definition) is 0. The Hall–Kier alpha value is -2.93. The highest BCUT2D eigenvalue weighted by atomic mass is 19.1. The maximum absolute atomic E-state index is 13.4. The fourth-order valence-corrected chi connectivity index (χ4v) is 4.17. The number of rotatable bonds is 5. The van der Waals surface area contributed by atoms with Crippen molar-refractivity contribution in [1.29, 1.82) is 0 Å². The molecule has 158 valence electrons. The zero-order chi connectivity index (χ0) is 21.1. The Morgan fingerprint density at radius 1 is 1.07 bits per heavy atom. The number of fused-ring (bicyclic) bond motifs is 3. The SMILES string of the molecule is COC(=O)c1ccc(CN(C(=O)O[C@H]2CN3CCC2CC3)c2ccc(F)cc2)cc1. The molecule has 3 aliphatic rings. The van der Waals surface area contributed by atoms with Gasteiger partial charge in [-0.25, -0.2) is 14.0 Å². The lowest BCUT2D eigenvalue weighted by molar-refractivity contribution is -0.0311. The van der Waals surface area contributed by atoms with Crippen molar-refractivity contribution in [2.45, 2.75) is 25.5 Å². The second-order valence-corrected chi connectivity index (χ2v) is 7.81. The van der Waals surface area contributed by atoms with Crippen molar-refractivity contribution in [3.05, 3.63) is 65.5 Å². The third-order valence-corrected chi connectivity index (χ3v) is 5.92. The average molecular weight is 412 g/mol. The van der Waals surface area contributed by atoms with Crippen LogP contribution >= 0.6 is 0 Å². The Kier molecular flexibility index (Phi) is 5.99. The van der Waals surface area contributed by atoms with E-state index in [4.69, 9.17) is 9.47 Å². The predicted octanol–water partition coefficient (Wildman–Crippen LogP) is 3.85. The highest BCUT2D eigenvalue weighted by molar-refractivity contribution is 5.89. The number of nitrogens with zero attached hydrogens (tertiary/aromatic N) is 2. The summed E-state index contributed by atoms with van der Waals surface area (Å²) in [6.45, 7) is 3.13. The van der Waals surface area contributed by atoms with Crippen LogP contribution in [0.1, 0.15) is 28.8 Å². The van der Waals surface area contributed by atoms with E-state index in [9.17, 15) is 14.0 Å². The van der Waals surface area contributed by atoms with E-state index in [0.29, 0.717) is 17.2 Å². The van der Waals surface area contributed by atoms with Crippen LogP contribution in [0.3, 0.4) is 0 Å². The van der Waals surface area contributed by atoms with E-state index in [1.54, 1.807) is 36.4 Å². The van der Waals surface area contributed by atoms with Crippen molar-refractivity contribution < 1.29 is 23.5 Å². The van der Waals surface area contributed by atoms with Gasteiger partial charge in [0.25, 0.3) is 0 Å². The van der Waals surface area contributed by atoms with E-state index < -0.39 is 12.1 Å². The Bertz CT molecular complexity index is 892. The summed E-state index contributed by atoms with van der Waals surface area (Å²) in [5, 5.41) is 0. The molecule has 0 N–H and O–H groups in total. The van der Waals surface area contributed by atoms with Gasteiger partial charge in [-0.15, -0.1) is 0 Å². The molecule has 6 nitrogen and oxygen atoms in total. The summed E-state index contributed by atoms with van der Waals surface area (Å²) < 4.78 is 24.0. The van der Waals surface area contributed by atoms with Gasteiger partial charge in [-0.05, 0) is 73.8 Å². The molecule has 2 bridgehead atoms. The van der Waals surface area contributed by atoms with Crippen LogP contribution in [-0.4, -0.2) is 49.8 Å². The van der Waals surface area contributed by atoms with Crippen molar-refractivity contribution >= 4 is 17.7 Å². The van der Waals surface area contributed by atoms with E-state index >= 15 is 0 Å². The number of amides is 1. The van der Waals surface area contributed by atoms with Crippen LogP contribution in [0, 0.1) is 11.7 Å². The van der Waals surface area contributed by atoms with Gasteiger partial charge in [-0.1, -0.05) is 12.1 Å². The van der Waals surface area contributed by atoms with Crippen LogP contribution in [0.25, 0.3) is 0 Å². The second-order valence-electron chi connectivity index (χ2n) is 7.81. The van der Waals surface area contributed by atoms with Gasteiger partial charge in [0.1, 0.15) is 11.9 Å². The average Bonchev–Trinajstić information content (AvgIpc) is 2.79. The molecule has 3 saturated heterocycles. The van der Waals surface area contributed by atoms with E-state index in [1.807, 2.05) is 0 Å². The van der Waals surface area contributed by atoms with Gasteiger partial charge in [0.2, 0.25) is 0 Å². The van der Waals surface area contributed by atoms with Gasteiger partial charge in [0, 0.05) is 12.2 Å². The number of benzene rings is 2. The van der Waals surface area contributed by atoms with Gasteiger partial charge in [-0.3, -0.25) is 9.80 Å². The summed E-state index contributed by atoms with van der Waals surface area (Å²) in [6, 6.07) is 12.6. The quantitative estimate of drug-likeness (QED) is 0.699. The number of hydrogen-bond acceptors (Lipinski definition) is 5.